The second-order valence-corrected chi connectivity index (χ2v) is 6.68. The number of halogens is 1. The predicted octanol–water partition coefficient (Wildman–Crippen LogP) is 4.19. The van der Waals surface area contributed by atoms with E-state index in [1.807, 2.05) is 11.3 Å². The summed E-state index contributed by atoms with van der Waals surface area (Å²) in [5.74, 6) is 0.669. The van der Waals surface area contributed by atoms with Crippen molar-refractivity contribution in [3.05, 3.63) is 56.2 Å². The lowest BCUT2D eigenvalue weighted by Crippen LogP contribution is -2.22. The summed E-state index contributed by atoms with van der Waals surface area (Å²) in [5.41, 5.74) is 2.99. The molecular formula is C15H16BrNS. The fraction of sp³-hybridized carbons (Fsp3) is 0.333. The quantitative estimate of drug-likeness (QED) is 0.894. The van der Waals surface area contributed by atoms with Gasteiger partial charge in [0.05, 0.1) is 0 Å². The summed E-state index contributed by atoms with van der Waals surface area (Å²) >= 11 is 5.49. The first kappa shape index (κ1) is 12.4. The number of thiophene rings is 1. The van der Waals surface area contributed by atoms with Gasteiger partial charge in [-0.3, -0.25) is 0 Å². The second-order valence-electron chi connectivity index (χ2n) is 4.83. The average Bonchev–Trinajstić information content (AvgIpc) is 2.93. The van der Waals surface area contributed by atoms with Gasteiger partial charge < -0.3 is 5.32 Å². The standard InChI is InChI=1S/C15H16BrNS/c1-17-15-11(9-14-13(16)6-7-18-14)8-10-4-2-3-5-12(10)15/h2-7,11,15,17H,8-9H2,1H3. The van der Waals surface area contributed by atoms with E-state index < -0.39 is 0 Å². The first-order chi connectivity index (χ1) is 8.79. The molecule has 18 heavy (non-hydrogen) atoms. The van der Waals surface area contributed by atoms with E-state index in [0.717, 1.165) is 6.42 Å². The van der Waals surface area contributed by atoms with Crippen molar-refractivity contribution < 1.29 is 0 Å². The van der Waals surface area contributed by atoms with Crippen molar-refractivity contribution in [2.45, 2.75) is 18.9 Å². The molecule has 0 spiro atoms. The van der Waals surface area contributed by atoms with Crippen molar-refractivity contribution in [2.75, 3.05) is 7.05 Å². The van der Waals surface area contributed by atoms with E-state index >= 15 is 0 Å². The van der Waals surface area contributed by atoms with Gasteiger partial charge in [0.1, 0.15) is 0 Å². The molecular weight excluding hydrogens is 306 g/mol. The molecule has 1 heterocycles. The summed E-state index contributed by atoms with van der Waals surface area (Å²) < 4.78 is 1.26. The smallest absolute Gasteiger partial charge is 0.0355 e. The van der Waals surface area contributed by atoms with Gasteiger partial charge in [-0.2, -0.15) is 0 Å². The van der Waals surface area contributed by atoms with Crippen molar-refractivity contribution in [2.24, 2.45) is 5.92 Å². The molecule has 2 atom stereocenters. The molecule has 1 aliphatic rings. The molecule has 2 unspecified atom stereocenters. The molecule has 1 aromatic carbocycles. The number of benzene rings is 1. The number of hydrogen-bond acceptors (Lipinski definition) is 2. The van der Waals surface area contributed by atoms with Crippen LogP contribution in [-0.4, -0.2) is 7.05 Å². The number of rotatable bonds is 3. The van der Waals surface area contributed by atoms with Gasteiger partial charge in [0, 0.05) is 15.4 Å². The topological polar surface area (TPSA) is 12.0 Å². The molecule has 3 heteroatoms. The summed E-state index contributed by atoms with van der Waals surface area (Å²) in [4.78, 5) is 1.47. The lowest BCUT2D eigenvalue weighted by molar-refractivity contribution is 0.412. The van der Waals surface area contributed by atoms with Crippen LogP contribution in [-0.2, 0) is 12.8 Å². The maximum absolute atomic E-state index is 3.64. The molecule has 1 N–H and O–H groups in total. The van der Waals surface area contributed by atoms with Gasteiger partial charge in [0.25, 0.3) is 0 Å². The van der Waals surface area contributed by atoms with Crippen LogP contribution in [0.2, 0.25) is 0 Å². The molecule has 0 bridgehead atoms. The highest BCUT2D eigenvalue weighted by Gasteiger charge is 2.31. The van der Waals surface area contributed by atoms with E-state index in [-0.39, 0.29) is 0 Å². The molecule has 0 saturated heterocycles. The van der Waals surface area contributed by atoms with Gasteiger partial charge in [-0.05, 0) is 64.3 Å². The molecule has 94 valence electrons. The minimum Gasteiger partial charge on any atom is -0.313 e. The summed E-state index contributed by atoms with van der Waals surface area (Å²) in [5, 5.41) is 5.65. The van der Waals surface area contributed by atoms with E-state index in [2.05, 4.69) is 64.0 Å². The van der Waals surface area contributed by atoms with Gasteiger partial charge in [-0.25, -0.2) is 0 Å². The zero-order valence-electron chi connectivity index (χ0n) is 10.3. The van der Waals surface area contributed by atoms with E-state index in [1.54, 1.807) is 0 Å². The Morgan fingerprint density at radius 2 is 2.17 bits per heavy atom. The average molecular weight is 322 g/mol. The van der Waals surface area contributed by atoms with E-state index in [4.69, 9.17) is 0 Å². The third-order valence-electron chi connectivity index (χ3n) is 3.79. The molecule has 0 fully saturated rings. The van der Waals surface area contributed by atoms with Crippen LogP contribution in [0, 0.1) is 5.92 Å². The van der Waals surface area contributed by atoms with Crippen molar-refractivity contribution >= 4 is 27.3 Å². The van der Waals surface area contributed by atoms with Crippen LogP contribution in [0.15, 0.2) is 40.2 Å². The molecule has 2 aromatic rings. The minimum atomic E-state index is 0.496. The predicted molar refractivity (Wildman–Crippen MR) is 81.2 cm³/mol. The molecule has 0 aliphatic heterocycles. The number of nitrogens with one attached hydrogen (secondary N) is 1. The van der Waals surface area contributed by atoms with Crippen molar-refractivity contribution in [3.63, 3.8) is 0 Å². The normalized spacial score (nSPS) is 22.1. The third-order valence-corrected chi connectivity index (χ3v) is 5.74. The monoisotopic (exact) mass is 321 g/mol. The summed E-state index contributed by atoms with van der Waals surface area (Å²) in [7, 11) is 2.07. The van der Waals surface area contributed by atoms with Crippen LogP contribution in [0.1, 0.15) is 22.0 Å². The fourth-order valence-electron chi connectivity index (χ4n) is 2.97. The Bertz CT molecular complexity index is 549. The Kier molecular flexibility index (Phi) is 3.55. The van der Waals surface area contributed by atoms with Crippen LogP contribution in [0.5, 0.6) is 0 Å². The Morgan fingerprint density at radius 1 is 1.33 bits per heavy atom. The Balaban J connectivity index is 1.85. The third kappa shape index (κ3) is 2.15. The molecule has 1 aliphatic carbocycles. The van der Waals surface area contributed by atoms with Crippen LogP contribution in [0.3, 0.4) is 0 Å². The van der Waals surface area contributed by atoms with Crippen LogP contribution < -0.4 is 5.32 Å². The summed E-state index contributed by atoms with van der Waals surface area (Å²) in [6.45, 7) is 0. The van der Waals surface area contributed by atoms with Gasteiger partial charge in [0.2, 0.25) is 0 Å². The largest absolute Gasteiger partial charge is 0.313 e. The van der Waals surface area contributed by atoms with E-state index in [0.29, 0.717) is 12.0 Å². The lowest BCUT2D eigenvalue weighted by Gasteiger charge is -2.19. The van der Waals surface area contributed by atoms with Gasteiger partial charge in [0.15, 0.2) is 0 Å². The number of hydrogen-bond donors (Lipinski definition) is 1. The van der Waals surface area contributed by atoms with Gasteiger partial charge >= 0.3 is 0 Å². The molecule has 1 aromatic heterocycles. The zero-order chi connectivity index (χ0) is 12.5. The van der Waals surface area contributed by atoms with Crippen LogP contribution in [0.25, 0.3) is 0 Å². The highest BCUT2D eigenvalue weighted by Crippen LogP contribution is 2.39. The van der Waals surface area contributed by atoms with Crippen LogP contribution in [0.4, 0.5) is 0 Å². The maximum atomic E-state index is 3.64. The number of fused-ring (bicyclic) bond motifs is 1. The Labute approximate surface area is 120 Å². The molecule has 0 saturated carbocycles. The van der Waals surface area contributed by atoms with Crippen molar-refractivity contribution in [1.29, 1.82) is 0 Å². The van der Waals surface area contributed by atoms with E-state index in [1.165, 1.54) is 26.9 Å². The molecule has 0 amide bonds. The fourth-order valence-corrected chi connectivity index (χ4v) is 4.58. The highest BCUT2D eigenvalue weighted by atomic mass is 79.9. The Hall–Kier alpha value is -0.640. The molecule has 3 rings (SSSR count). The highest BCUT2D eigenvalue weighted by molar-refractivity contribution is 9.10. The SMILES string of the molecule is CNC1c2ccccc2CC1Cc1sccc1Br. The second kappa shape index (κ2) is 5.16. The first-order valence-electron chi connectivity index (χ1n) is 6.26. The summed E-state index contributed by atoms with van der Waals surface area (Å²) in [6, 6.07) is 11.5. The maximum Gasteiger partial charge on any atom is 0.0355 e. The Morgan fingerprint density at radius 3 is 2.89 bits per heavy atom. The van der Waals surface area contributed by atoms with Gasteiger partial charge in [-0.1, -0.05) is 24.3 Å². The molecule has 0 radical (unpaired) electrons. The van der Waals surface area contributed by atoms with Crippen LogP contribution >= 0.6 is 27.3 Å². The first-order valence-corrected chi connectivity index (χ1v) is 7.94. The zero-order valence-corrected chi connectivity index (χ0v) is 12.7. The minimum absolute atomic E-state index is 0.496. The molecule has 1 nitrogen and oxygen atoms in total. The summed E-state index contributed by atoms with van der Waals surface area (Å²) in [6.07, 6.45) is 2.34. The van der Waals surface area contributed by atoms with Gasteiger partial charge in [-0.15, -0.1) is 11.3 Å². The van der Waals surface area contributed by atoms with Crippen molar-refractivity contribution in [1.82, 2.24) is 5.32 Å². The van der Waals surface area contributed by atoms with Crippen molar-refractivity contribution in [3.8, 4) is 0 Å². The van der Waals surface area contributed by atoms with E-state index in [9.17, 15) is 0 Å². The lowest BCUT2D eigenvalue weighted by atomic mass is 9.96.